The van der Waals surface area contributed by atoms with Crippen LogP contribution >= 0.6 is 0 Å². The molecule has 0 aliphatic heterocycles. The van der Waals surface area contributed by atoms with Crippen molar-refractivity contribution >= 4 is 16.7 Å². The van der Waals surface area contributed by atoms with Crippen molar-refractivity contribution in [2.75, 3.05) is 0 Å². The third-order valence-electron chi connectivity index (χ3n) is 2.67. The quantitative estimate of drug-likeness (QED) is 0.585. The highest BCUT2D eigenvalue weighted by molar-refractivity contribution is 6.14. The van der Waals surface area contributed by atoms with Crippen molar-refractivity contribution in [3.63, 3.8) is 0 Å². The van der Waals surface area contributed by atoms with Gasteiger partial charge in [0.2, 0.25) is 0 Å². The summed E-state index contributed by atoms with van der Waals surface area (Å²) in [5.74, 6) is -0.0166. The second-order valence-electron chi connectivity index (χ2n) is 3.72. The normalized spacial score (nSPS) is 10.5. The van der Waals surface area contributed by atoms with E-state index < -0.39 is 0 Å². The number of hydrogen-bond acceptors (Lipinski definition) is 1. The van der Waals surface area contributed by atoms with Crippen molar-refractivity contribution in [3.05, 3.63) is 47.7 Å². The molecule has 0 saturated heterocycles. The van der Waals surface area contributed by atoms with Gasteiger partial charge in [-0.3, -0.25) is 4.79 Å². The summed E-state index contributed by atoms with van der Waals surface area (Å²) in [7, 11) is 0. The number of fused-ring (bicyclic) bond motifs is 1. The summed E-state index contributed by atoms with van der Waals surface area (Å²) in [6.45, 7) is 7.52. The fourth-order valence-corrected chi connectivity index (χ4v) is 2.01. The van der Waals surface area contributed by atoms with Gasteiger partial charge in [-0.15, -0.1) is 0 Å². The van der Waals surface area contributed by atoms with Crippen LogP contribution in [0.2, 0.25) is 0 Å². The third-order valence-corrected chi connectivity index (χ3v) is 2.67. The largest absolute Gasteiger partial charge is 0.361 e. The zero-order valence-corrected chi connectivity index (χ0v) is 8.92. The zero-order chi connectivity index (χ0) is 11.0. The van der Waals surface area contributed by atoms with E-state index in [4.69, 9.17) is 0 Å². The molecule has 0 saturated carbocycles. The molecule has 2 heteroatoms. The van der Waals surface area contributed by atoms with Gasteiger partial charge in [0.05, 0.1) is 0 Å². The Hall–Kier alpha value is -1.83. The third kappa shape index (κ3) is 1.38. The second-order valence-corrected chi connectivity index (χ2v) is 3.72. The predicted octanol–water partition coefficient (Wildman–Crippen LogP) is 3.15. The number of benzene rings is 1. The summed E-state index contributed by atoms with van der Waals surface area (Å²) in [4.78, 5) is 14.9. The lowest BCUT2D eigenvalue weighted by Crippen LogP contribution is -1.99. The van der Waals surface area contributed by atoms with Crippen molar-refractivity contribution in [3.8, 4) is 0 Å². The van der Waals surface area contributed by atoms with Gasteiger partial charge in [0.25, 0.3) is 0 Å². The minimum Gasteiger partial charge on any atom is -0.361 e. The topological polar surface area (TPSA) is 32.9 Å². The van der Waals surface area contributed by atoms with Crippen LogP contribution < -0.4 is 0 Å². The lowest BCUT2D eigenvalue weighted by atomic mass is 9.97. The Morgan fingerprint density at radius 1 is 1.40 bits per heavy atom. The molecule has 0 fully saturated rings. The van der Waals surface area contributed by atoms with Crippen molar-refractivity contribution in [1.82, 2.24) is 4.98 Å². The molecule has 1 aromatic carbocycles. The first-order chi connectivity index (χ1) is 7.15. The molecule has 0 aliphatic rings. The number of allylic oxidation sites excluding steroid dienone is 1. The Balaban J connectivity index is 2.88. The number of carbonyl (C=O) groups is 1. The van der Waals surface area contributed by atoms with Crippen LogP contribution in [0.25, 0.3) is 10.9 Å². The minimum absolute atomic E-state index is 0.0166. The number of aromatic amines is 1. The van der Waals surface area contributed by atoms with Gasteiger partial charge in [-0.2, -0.15) is 0 Å². The smallest absolute Gasteiger partial charge is 0.186 e. The number of rotatable bonds is 2. The number of ketones is 1. The summed E-state index contributed by atoms with van der Waals surface area (Å²) in [5, 5.41) is 0.984. The maximum Gasteiger partial charge on any atom is 0.186 e. The molecule has 76 valence electrons. The fraction of sp³-hybridized carbons (Fsp3) is 0.154. The van der Waals surface area contributed by atoms with E-state index in [1.807, 2.05) is 32.2 Å². The van der Waals surface area contributed by atoms with Gasteiger partial charge in [-0.1, -0.05) is 12.6 Å². The second kappa shape index (κ2) is 3.39. The number of nitrogens with one attached hydrogen (secondary N) is 1. The van der Waals surface area contributed by atoms with Gasteiger partial charge in [-0.25, -0.2) is 0 Å². The van der Waals surface area contributed by atoms with Crippen molar-refractivity contribution in [1.29, 1.82) is 0 Å². The number of hydrogen-bond donors (Lipinski definition) is 1. The van der Waals surface area contributed by atoms with E-state index in [1.165, 1.54) is 6.08 Å². The molecule has 15 heavy (non-hydrogen) atoms. The highest BCUT2D eigenvalue weighted by Gasteiger charge is 2.12. The molecule has 0 aliphatic carbocycles. The van der Waals surface area contributed by atoms with Gasteiger partial charge in [0, 0.05) is 22.7 Å². The van der Waals surface area contributed by atoms with Crippen LogP contribution in [-0.4, -0.2) is 10.8 Å². The molecule has 0 spiro atoms. The molecule has 1 N–H and O–H groups in total. The average molecular weight is 199 g/mol. The van der Waals surface area contributed by atoms with Crippen LogP contribution in [0.5, 0.6) is 0 Å². The molecule has 0 bridgehead atoms. The number of aromatic nitrogens is 1. The van der Waals surface area contributed by atoms with Crippen LogP contribution in [0.1, 0.15) is 21.5 Å². The lowest BCUT2D eigenvalue weighted by molar-refractivity contribution is 0.104. The first kappa shape index (κ1) is 9.71. The van der Waals surface area contributed by atoms with E-state index in [1.54, 1.807) is 0 Å². The fourth-order valence-electron chi connectivity index (χ4n) is 2.01. The van der Waals surface area contributed by atoms with Crippen LogP contribution in [0.3, 0.4) is 0 Å². The monoisotopic (exact) mass is 199 g/mol. The van der Waals surface area contributed by atoms with Gasteiger partial charge >= 0.3 is 0 Å². The van der Waals surface area contributed by atoms with Crippen LogP contribution in [-0.2, 0) is 0 Å². The molecule has 0 atom stereocenters. The van der Waals surface area contributed by atoms with Gasteiger partial charge in [0.1, 0.15) is 0 Å². The Morgan fingerprint density at radius 3 is 2.80 bits per heavy atom. The van der Waals surface area contributed by atoms with E-state index in [-0.39, 0.29) is 5.78 Å². The summed E-state index contributed by atoms with van der Waals surface area (Å²) < 4.78 is 0. The van der Waals surface area contributed by atoms with E-state index in [0.717, 1.165) is 27.6 Å². The van der Waals surface area contributed by atoms with Gasteiger partial charge in [0.15, 0.2) is 5.78 Å². The van der Waals surface area contributed by atoms with Crippen molar-refractivity contribution in [2.24, 2.45) is 0 Å². The van der Waals surface area contributed by atoms with E-state index >= 15 is 0 Å². The van der Waals surface area contributed by atoms with Crippen LogP contribution in [0.15, 0.2) is 31.0 Å². The molecule has 2 nitrogen and oxygen atoms in total. The molecule has 2 rings (SSSR count). The average Bonchev–Trinajstić information content (AvgIpc) is 2.66. The molecule has 1 aromatic heterocycles. The maximum atomic E-state index is 11.7. The molecular weight excluding hydrogens is 186 g/mol. The first-order valence-corrected chi connectivity index (χ1v) is 4.89. The zero-order valence-electron chi connectivity index (χ0n) is 8.92. The highest BCUT2D eigenvalue weighted by atomic mass is 16.1. The Labute approximate surface area is 88.6 Å². The van der Waals surface area contributed by atoms with Crippen molar-refractivity contribution < 1.29 is 4.79 Å². The van der Waals surface area contributed by atoms with Gasteiger partial charge in [-0.05, 0) is 37.1 Å². The van der Waals surface area contributed by atoms with Gasteiger partial charge < -0.3 is 4.98 Å². The van der Waals surface area contributed by atoms with Crippen LogP contribution in [0.4, 0.5) is 0 Å². The summed E-state index contributed by atoms with van der Waals surface area (Å²) in [5.41, 5.74) is 3.95. The SMILES string of the molecule is C=CC(=O)c1c(C)cc(C)c2[nH]ccc12. The van der Waals surface area contributed by atoms with E-state index in [0.29, 0.717) is 0 Å². The molecule has 0 amide bonds. The molecule has 2 aromatic rings. The summed E-state index contributed by atoms with van der Waals surface area (Å²) in [6, 6.07) is 3.96. The predicted molar refractivity (Wildman–Crippen MR) is 62.3 cm³/mol. The first-order valence-electron chi connectivity index (χ1n) is 4.89. The molecule has 0 unspecified atom stereocenters. The van der Waals surface area contributed by atoms with E-state index in [9.17, 15) is 4.79 Å². The Kier molecular flexibility index (Phi) is 2.19. The van der Waals surface area contributed by atoms with Crippen LogP contribution in [0, 0.1) is 13.8 Å². The number of carbonyl (C=O) groups excluding carboxylic acids is 1. The molecule has 1 heterocycles. The van der Waals surface area contributed by atoms with Crippen molar-refractivity contribution in [2.45, 2.75) is 13.8 Å². The summed E-state index contributed by atoms with van der Waals surface area (Å²) in [6.07, 6.45) is 3.22. The molecule has 0 radical (unpaired) electrons. The minimum atomic E-state index is -0.0166. The lowest BCUT2D eigenvalue weighted by Gasteiger charge is -2.06. The number of H-pyrrole nitrogens is 1. The number of aryl methyl sites for hydroxylation is 2. The Bertz CT molecular complexity index is 549. The summed E-state index contributed by atoms with van der Waals surface area (Å²) >= 11 is 0. The molecular formula is C13H13NO. The highest BCUT2D eigenvalue weighted by Crippen LogP contribution is 2.25. The van der Waals surface area contributed by atoms with E-state index in [2.05, 4.69) is 11.6 Å². The maximum absolute atomic E-state index is 11.7. The standard InChI is InChI=1S/C13H13NO/c1-4-11(15)12-8(2)7-9(3)13-10(12)5-6-14-13/h4-7,14H,1H2,2-3H3. The Morgan fingerprint density at radius 2 is 2.13 bits per heavy atom.